The lowest BCUT2D eigenvalue weighted by molar-refractivity contribution is 1.31. The van der Waals surface area contributed by atoms with E-state index in [1.54, 1.807) is 24.8 Å². The predicted molar refractivity (Wildman–Crippen MR) is 66.6 cm³/mol. The molecule has 0 fully saturated rings. The van der Waals surface area contributed by atoms with Gasteiger partial charge in [0.25, 0.3) is 0 Å². The first kappa shape index (κ1) is 11.0. The number of hydrogen-bond acceptors (Lipinski definition) is 3. The molecule has 3 nitrogen and oxygen atoms in total. The van der Waals surface area contributed by atoms with Crippen LogP contribution in [0.1, 0.15) is 18.1 Å². The Morgan fingerprint density at radius 1 is 0.941 bits per heavy atom. The van der Waals surface area contributed by atoms with Crippen LogP contribution in [0.4, 0.5) is 0 Å². The van der Waals surface area contributed by atoms with Crippen LogP contribution < -0.4 is 0 Å². The smallest absolute Gasteiger partial charge is 0.100 e. The van der Waals surface area contributed by atoms with E-state index in [0.29, 0.717) is 5.57 Å². The SMILES string of the molecule is C/C(=C(\C#N)c1ccncc1)c1ccncc1. The van der Waals surface area contributed by atoms with Gasteiger partial charge in [-0.15, -0.1) is 0 Å². The fourth-order valence-corrected chi connectivity index (χ4v) is 1.63. The van der Waals surface area contributed by atoms with Crippen molar-refractivity contribution < 1.29 is 0 Å². The lowest BCUT2D eigenvalue weighted by atomic mass is 9.98. The maximum atomic E-state index is 9.27. The first-order chi connectivity index (χ1) is 8.33. The van der Waals surface area contributed by atoms with Crippen molar-refractivity contribution in [1.29, 1.82) is 5.26 Å². The lowest BCUT2D eigenvalue weighted by Crippen LogP contribution is -1.88. The number of nitriles is 1. The maximum Gasteiger partial charge on any atom is 0.100 e. The zero-order valence-corrected chi connectivity index (χ0v) is 9.46. The molecule has 82 valence electrons. The third kappa shape index (κ3) is 2.37. The summed E-state index contributed by atoms with van der Waals surface area (Å²) in [5.74, 6) is 0. The summed E-state index contributed by atoms with van der Waals surface area (Å²) < 4.78 is 0. The molecule has 0 bridgehead atoms. The molecule has 0 aromatic carbocycles. The summed E-state index contributed by atoms with van der Waals surface area (Å²) in [6.07, 6.45) is 6.82. The van der Waals surface area contributed by atoms with E-state index in [0.717, 1.165) is 16.7 Å². The highest BCUT2D eigenvalue weighted by molar-refractivity contribution is 5.96. The van der Waals surface area contributed by atoms with Crippen LogP contribution in [-0.4, -0.2) is 9.97 Å². The Labute approximate surface area is 100 Å². The monoisotopic (exact) mass is 221 g/mol. The van der Waals surface area contributed by atoms with E-state index in [2.05, 4.69) is 16.0 Å². The van der Waals surface area contributed by atoms with E-state index in [-0.39, 0.29) is 0 Å². The minimum Gasteiger partial charge on any atom is -0.265 e. The molecule has 0 saturated carbocycles. The van der Waals surface area contributed by atoms with Crippen molar-refractivity contribution in [3.8, 4) is 6.07 Å². The summed E-state index contributed by atoms with van der Waals surface area (Å²) >= 11 is 0. The van der Waals surface area contributed by atoms with E-state index in [4.69, 9.17) is 0 Å². The topological polar surface area (TPSA) is 49.6 Å². The molecule has 0 amide bonds. The van der Waals surface area contributed by atoms with Gasteiger partial charge in [-0.1, -0.05) is 0 Å². The zero-order chi connectivity index (χ0) is 12.1. The number of aromatic nitrogens is 2. The van der Waals surface area contributed by atoms with Gasteiger partial charge in [-0.3, -0.25) is 9.97 Å². The van der Waals surface area contributed by atoms with Crippen molar-refractivity contribution >= 4 is 11.1 Å². The predicted octanol–water partition coefficient (Wildman–Crippen LogP) is 2.93. The Hall–Kier alpha value is -2.47. The Kier molecular flexibility index (Phi) is 3.27. The van der Waals surface area contributed by atoms with E-state index in [1.165, 1.54) is 0 Å². The summed E-state index contributed by atoms with van der Waals surface area (Å²) in [6.45, 7) is 1.94. The number of hydrogen-bond donors (Lipinski definition) is 0. The van der Waals surface area contributed by atoms with Gasteiger partial charge in [-0.2, -0.15) is 5.26 Å². The third-order valence-corrected chi connectivity index (χ3v) is 2.57. The van der Waals surface area contributed by atoms with Crippen LogP contribution >= 0.6 is 0 Å². The number of pyridine rings is 2. The average molecular weight is 221 g/mol. The van der Waals surface area contributed by atoms with Crippen LogP contribution in [0.25, 0.3) is 11.1 Å². The van der Waals surface area contributed by atoms with Crippen molar-refractivity contribution in [2.24, 2.45) is 0 Å². The Balaban J connectivity index is 2.53. The first-order valence-electron chi connectivity index (χ1n) is 5.24. The van der Waals surface area contributed by atoms with Crippen LogP contribution in [0.3, 0.4) is 0 Å². The third-order valence-electron chi connectivity index (χ3n) is 2.57. The van der Waals surface area contributed by atoms with Gasteiger partial charge in [0, 0.05) is 24.8 Å². The molecule has 2 heterocycles. The Bertz CT molecular complexity index is 565. The number of rotatable bonds is 2. The molecule has 2 aromatic heterocycles. The standard InChI is InChI=1S/C14H11N3/c1-11(12-2-6-16-7-3-12)14(10-15)13-4-8-17-9-5-13/h2-9H,1H3/b14-11-. The second-order valence-corrected chi connectivity index (χ2v) is 3.58. The molecule has 0 spiro atoms. The van der Waals surface area contributed by atoms with Crippen molar-refractivity contribution in [3.05, 3.63) is 60.2 Å². The number of nitrogens with zero attached hydrogens (tertiary/aromatic N) is 3. The highest BCUT2D eigenvalue weighted by atomic mass is 14.6. The Morgan fingerprint density at radius 2 is 1.41 bits per heavy atom. The molecule has 0 unspecified atom stereocenters. The van der Waals surface area contributed by atoms with Crippen molar-refractivity contribution in [1.82, 2.24) is 9.97 Å². The molecule has 0 aliphatic carbocycles. The summed E-state index contributed by atoms with van der Waals surface area (Å²) in [7, 11) is 0. The molecule has 0 aliphatic heterocycles. The summed E-state index contributed by atoms with van der Waals surface area (Å²) in [5, 5.41) is 9.27. The summed E-state index contributed by atoms with van der Waals surface area (Å²) in [4.78, 5) is 7.92. The zero-order valence-electron chi connectivity index (χ0n) is 9.46. The molecule has 2 rings (SSSR count). The van der Waals surface area contributed by atoms with Gasteiger partial charge in [0.1, 0.15) is 6.07 Å². The molecule has 0 atom stereocenters. The molecule has 0 saturated heterocycles. The molecule has 3 heteroatoms. The van der Waals surface area contributed by atoms with E-state index >= 15 is 0 Å². The maximum absolute atomic E-state index is 9.27. The highest BCUT2D eigenvalue weighted by Crippen LogP contribution is 2.24. The van der Waals surface area contributed by atoms with E-state index in [9.17, 15) is 5.26 Å². The fourth-order valence-electron chi connectivity index (χ4n) is 1.63. The van der Waals surface area contributed by atoms with Crippen molar-refractivity contribution in [3.63, 3.8) is 0 Å². The molecular formula is C14H11N3. The van der Waals surface area contributed by atoms with Gasteiger partial charge in [-0.05, 0) is 47.9 Å². The van der Waals surface area contributed by atoms with Gasteiger partial charge < -0.3 is 0 Å². The molecular weight excluding hydrogens is 210 g/mol. The minimum atomic E-state index is 0.665. The van der Waals surface area contributed by atoms with Gasteiger partial charge >= 0.3 is 0 Å². The fraction of sp³-hybridized carbons (Fsp3) is 0.0714. The second-order valence-electron chi connectivity index (χ2n) is 3.58. The molecule has 0 aliphatic rings. The molecule has 0 radical (unpaired) electrons. The lowest BCUT2D eigenvalue weighted by Gasteiger charge is -2.05. The van der Waals surface area contributed by atoms with Gasteiger partial charge in [0.05, 0.1) is 5.57 Å². The van der Waals surface area contributed by atoms with Crippen LogP contribution in [0.5, 0.6) is 0 Å². The Morgan fingerprint density at radius 3 is 1.88 bits per heavy atom. The summed E-state index contributed by atoms with van der Waals surface area (Å²) in [6, 6.07) is 9.71. The van der Waals surface area contributed by atoms with Crippen molar-refractivity contribution in [2.45, 2.75) is 6.92 Å². The van der Waals surface area contributed by atoms with E-state index < -0.39 is 0 Å². The summed E-state index contributed by atoms with van der Waals surface area (Å²) in [5.41, 5.74) is 3.50. The van der Waals surface area contributed by atoms with Gasteiger partial charge in [0.15, 0.2) is 0 Å². The quantitative estimate of drug-likeness (QED) is 0.732. The van der Waals surface area contributed by atoms with Gasteiger partial charge in [-0.25, -0.2) is 0 Å². The van der Waals surface area contributed by atoms with Gasteiger partial charge in [0.2, 0.25) is 0 Å². The first-order valence-corrected chi connectivity index (χ1v) is 5.24. The van der Waals surface area contributed by atoms with Crippen LogP contribution in [0.15, 0.2) is 49.1 Å². The molecule has 0 N–H and O–H groups in total. The normalized spacial score (nSPS) is 11.5. The minimum absolute atomic E-state index is 0.665. The van der Waals surface area contributed by atoms with Crippen molar-refractivity contribution in [2.75, 3.05) is 0 Å². The molecule has 17 heavy (non-hydrogen) atoms. The largest absolute Gasteiger partial charge is 0.265 e. The van der Waals surface area contributed by atoms with Crippen LogP contribution in [0, 0.1) is 11.3 Å². The average Bonchev–Trinajstić information content (AvgIpc) is 2.42. The van der Waals surface area contributed by atoms with E-state index in [1.807, 2.05) is 31.2 Å². The van der Waals surface area contributed by atoms with Crippen LogP contribution in [0.2, 0.25) is 0 Å². The number of allylic oxidation sites excluding steroid dienone is 2. The van der Waals surface area contributed by atoms with Crippen LogP contribution in [-0.2, 0) is 0 Å². The molecule has 2 aromatic rings. The second kappa shape index (κ2) is 5.04. The highest BCUT2D eigenvalue weighted by Gasteiger charge is 2.06.